The fourth-order valence-electron chi connectivity index (χ4n) is 3.17. The predicted molar refractivity (Wildman–Crippen MR) is 78.6 cm³/mol. The van der Waals surface area contributed by atoms with Crippen LogP contribution in [-0.2, 0) is 6.42 Å². The van der Waals surface area contributed by atoms with Crippen molar-refractivity contribution in [3.8, 4) is 0 Å². The van der Waals surface area contributed by atoms with Gasteiger partial charge in [-0.15, -0.1) is 0 Å². The van der Waals surface area contributed by atoms with Crippen LogP contribution in [0.3, 0.4) is 0 Å². The molecule has 0 aliphatic heterocycles. The summed E-state index contributed by atoms with van der Waals surface area (Å²) in [5, 5.41) is 0. The second-order valence-electron chi connectivity index (χ2n) is 6.18. The SMILES string of the molecule is CCCCc1ccc(C(N)C2(C)CCCC2)cc1. The van der Waals surface area contributed by atoms with E-state index in [9.17, 15) is 0 Å². The highest BCUT2D eigenvalue weighted by Gasteiger charge is 2.35. The van der Waals surface area contributed by atoms with Crippen LogP contribution in [0.1, 0.15) is 69.5 Å². The molecule has 0 heterocycles. The van der Waals surface area contributed by atoms with Gasteiger partial charge in [0.15, 0.2) is 0 Å². The lowest BCUT2D eigenvalue weighted by molar-refractivity contribution is 0.265. The molecule has 1 aromatic rings. The van der Waals surface area contributed by atoms with Crippen molar-refractivity contribution in [2.75, 3.05) is 0 Å². The summed E-state index contributed by atoms with van der Waals surface area (Å²) >= 11 is 0. The first kappa shape index (κ1) is 13.6. The Balaban J connectivity index is 2.04. The van der Waals surface area contributed by atoms with Gasteiger partial charge >= 0.3 is 0 Å². The summed E-state index contributed by atoms with van der Waals surface area (Å²) in [6.45, 7) is 4.60. The molecule has 1 fully saturated rings. The lowest BCUT2D eigenvalue weighted by Crippen LogP contribution is -2.29. The van der Waals surface area contributed by atoms with Crippen molar-refractivity contribution in [1.29, 1.82) is 0 Å². The van der Waals surface area contributed by atoms with Crippen LogP contribution >= 0.6 is 0 Å². The predicted octanol–water partition coefficient (Wildman–Crippen LogP) is 4.61. The van der Waals surface area contributed by atoms with Crippen molar-refractivity contribution < 1.29 is 0 Å². The fraction of sp³-hybridized carbons (Fsp3) is 0.647. The van der Waals surface area contributed by atoms with E-state index in [2.05, 4.69) is 38.1 Å². The summed E-state index contributed by atoms with van der Waals surface area (Å²) in [4.78, 5) is 0. The average Bonchev–Trinajstić information content (AvgIpc) is 2.84. The third-order valence-corrected chi connectivity index (χ3v) is 4.65. The van der Waals surface area contributed by atoms with E-state index < -0.39 is 0 Å². The number of hydrogen-bond donors (Lipinski definition) is 1. The van der Waals surface area contributed by atoms with Crippen LogP contribution < -0.4 is 5.73 Å². The van der Waals surface area contributed by atoms with Crippen LogP contribution in [0.5, 0.6) is 0 Å². The Morgan fingerprint density at radius 1 is 1.17 bits per heavy atom. The highest BCUT2D eigenvalue weighted by atomic mass is 14.7. The number of hydrogen-bond acceptors (Lipinski definition) is 1. The first-order chi connectivity index (χ1) is 8.65. The number of unbranched alkanes of at least 4 members (excludes halogenated alkanes) is 1. The Labute approximate surface area is 112 Å². The van der Waals surface area contributed by atoms with Crippen molar-refractivity contribution in [2.45, 2.75) is 64.8 Å². The zero-order valence-corrected chi connectivity index (χ0v) is 11.9. The van der Waals surface area contributed by atoms with E-state index in [0.29, 0.717) is 5.41 Å². The van der Waals surface area contributed by atoms with Crippen molar-refractivity contribution in [3.05, 3.63) is 35.4 Å². The number of rotatable bonds is 5. The second kappa shape index (κ2) is 5.88. The van der Waals surface area contributed by atoms with Crippen molar-refractivity contribution >= 4 is 0 Å². The van der Waals surface area contributed by atoms with E-state index in [1.807, 2.05) is 0 Å². The van der Waals surface area contributed by atoms with E-state index in [1.165, 1.54) is 56.1 Å². The van der Waals surface area contributed by atoms with Gasteiger partial charge in [-0.05, 0) is 42.2 Å². The van der Waals surface area contributed by atoms with Crippen LogP contribution in [0.2, 0.25) is 0 Å². The van der Waals surface area contributed by atoms with E-state index in [-0.39, 0.29) is 6.04 Å². The van der Waals surface area contributed by atoms with Crippen molar-refractivity contribution in [3.63, 3.8) is 0 Å². The Morgan fingerprint density at radius 3 is 2.33 bits per heavy atom. The summed E-state index contributed by atoms with van der Waals surface area (Å²) in [7, 11) is 0. The van der Waals surface area contributed by atoms with Crippen LogP contribution in [0.25, 0.3) is 0 Å². The van der Waals surface area contributed by atoms with Gasteiger partial charge in [0.2, 0.25) is 0 Å². The molecule has 0 saturated heterocycles. The molecule has 2 N–H and O–H groups in total. The molecule has 1 atom stereocenters. The molecule has 0 spiro atoms. The van der Waals surface area contributed by atoms with Gasteiger partial charge in [0, 0.05) is 6.04 Å². The molecule has 0 amide bonds. The normalized spacial score (nSPS) is 19.9. The molecule has 18 heavy (non-hydrogen) atoms. The maximum atomic E-state index is 6.48. The molecule has 2 rings (SSSR count). The van der Waals surface area contributed by atoms with Gasteiger partial charge in [-0.3, -0.25) is 0 Å². The van der Waals surface area contributed by atoms with Gasteiger partial charge in [-0.2, -0.15) is 0 Å². The molecule has 0 bridgehead atoms. The zero-order chi connectivity index (χ0) is 13.0. The highest BCUT2D eigenvalue weighted by molar-refractivity contribution is 5.26. The summed E-state index contributed by atoms with van der Waals surface area (Å²) < 4.78 is 0. The third-order valence-electron chi connectivity index (χ3n) is 4.65. The van der Waals surface area contributed by atoms with Crippen LogP contribution in [0, 0.1) is 5.41 Å². The smallest absolute Gasteiger partial charge is 0.0349 e. The molecule has 1 unspecified atom stereocenters. The Kier molecular flexibility index (Phi) is 4.45. The highest BCUT2D eigenvalue weighted by Crippen LogP contribution is 2.45. The molecule has 0 aromatic heterocycles. The molecule has 1 nitrogen and oxygen atoms in total. The molecule has 0 radical (unpaired) electrons. The summed E-state index contributed by atoms with van der Waals surface area (Å²) in [6, 6.07) is 9.24. The zero-order valence-electron chi connectivity index (χ0n) is 11.9. The van der Waals surface area contributed by atoms with Crippen molar-refractivity contribution in [1.82, 2.24) is 0 Å². The lowest BCUT2D eigenvalue weighted by atomic mass is 9.77. The number of aryl methyl sites for hydroxylation is 1. The Morgan fingerprint density at radius 2 is 1.78 bits per heavy atom. The quantitative estimate of drug-likeness (QED) is 0.805. The van der Waals surface area contributed by atoms with Crippen LogP contribution in [0.4, 0.5) is 0 Å². The summed E-state index contributed by atoms with van der Waals surface area (Å²) in [5.74, 6) is 0. The second-order valence-corrected chi connectivity index (χ2v) is 6.18. The summed E-state index contributed by atoms with van der Waals surface area (Å²) in [5.41, 5.74) is 9.58. The van der Waals surface area contributed by atoms with Gasteiger partial charge in [-0.1, -0.05) is 57.4 Å². The first-order valence-electron chi connectivity index (χ1n) is 7.50. The van der Waals surface area contributed by atoms with Gasteiger partial charge in [0.1, 0.15) is 0 Å². The fourth-order valence-corrected chi connectivity index (χ4v) is 3.17. The molecular weight excluding hydrogens is 218 g/mol. The third kappa shape index (κ3) is 2.95. The molecule has 1 aromatic carbocycles. The molecule has 100 valence electrons. The maximum Gasteiger partial charge on any atom is 0.0349 e. The van der Waals surface area contributed by atoms with E-state index in [4.69, 9.17) is 5.73 Å². The number of nitrogens with two attached hydrogens (primary N) is 1. The van der Waals surface area contributed by atoms with E-state index in [1.54, 1.807) is 0 Å². The molecule has 1 heteroatoms. The topological polar surface area (TPSA) is 26.0 Å². The van der Waals surface area contributed by atoms with Crippen LogP contribution in [0.15, 0.2) is 24.3 Å². The molecule has 1 aliphatic rings. The maximum absolute atomic E-state index is 6.48. The molecule has 1 aliphatic carbocycles. The monoisotopic (exact) mass is 245 g/mol. The Hall–Kier alpha value is -0.820. The molecule has 1 saturated carbocycles. The minimum Gasteiger partial charge on any atom is -0.323 e. The van der Waals surface area contributed by atoms with E-state index in [0.717, 1.165) is 0 Å². The minimum absolute atomic E-state index is 0.209. The van der Waals surface area contributed by atoms with Gasteiger partial charge in [-0.25, -0.2) is 0 Å². The van der Waals surface area contributed by atoms with Gasteiger partial charge in [0.05, 0.1) is 0 Å². The van der Waals surface area contributed by atoms with Gasteiger partial charge < -0.3 is 5.73 Å². The summed E-state index contributed by atoms with van der Waals surface area (Å²) in [6.07, 6.45) is 9.00. The minimum atomic E-state index is 0.209. The first-order valence-corrected chi connectivity index (χ1v) is 7.50. The average molecular weight is 245 g/mol. The van der Waals surface area contributed by atoms with Crippen LogP contribution in [-0.4, -0.2) is 0 Å². The standard InChI is InChI=1S/C17H27N/c1-3-4-7-14-8-10-15(11-9-14)16(18)17(2)12-5-6-13-17/h8-11,16H,3-7,12-13,18H2,1-2H3. The lowest BCUT2D eigenvalue weighted by Gasteiger charge is -2.31. The number of benzene rings is 1. The van der Waals surface area contributed by atoms with Gasteiger partial charge in [0.25, 0.3) is 0 Å². The molecular formula is C17H27N. The largest absolute Gasteiger partial charge is 0.323 e. The Bertz CT molecular complexity index is 360. The van der Waals surface area contributed by atoms with E-state index >= 15 is 0 Å². The van der Waals surface area contributed by atoms with Crippen molar-refractivity contribution in [2.24, 2.45) is 11.1 Å².